The van der Waals surface area contributed by atoms with Gasteiger partial charge < -0.3 is 5.11 Å². The molecule has 0 unspecified atom stereocenters. The van der Waals surface area contributed by atoms with Gasteiger partial charge in [0.15, 0.2) is 0 Å². The fourth-order valence-electron chi connectivity index (χ4n) is 1.10. The van der Waals surface area contributed by atoms with Gasteiger partial charge in [-0.1, -0.05) is 12.1 Å². The second-order valence-corrected chi connectivity index (χ2v) is 4.07. The number of carboxylic acids is 1. The van der Waals surface area contributed by atoms with Gasteiger partial charge in [0.1, 0.15) is 0 Å². The maximum atomic E-state index is 10.6. The summed E-state index contributed by atoms with van der Waals surface area (Å²) < 4.78 is 22.4. The zero-order valence-corrected chi connectivity index (χ0v) is 8.98. The third-order valence-corrected chi connectivity index (χ3v) is 2.63. The summed E-state index contributed by atoms with van der Waals surface area (Å²) in [6.07, 6.45) is -0.0620. The van der Waals surface area contributed by atoms with E-state index in [-0.39, 0.29) is 6.42 Å². The minimum Gasteiger partial charge on any atom is -0.481 e. The molecule has 0 aliphatic rings. The predicted molar refractivity (Wildman–Crippen MR) is 56.5 cm³/mol. The topological polar surface area (TPSA) is 74.7 Å². The first-order valence-corrected chi connectivity index (χ1v) is 5.32. The lowest BCUT2D eigenvalue weighted by Crippen LogP contribution is -2.13. The molecule has 0 radical (unpaired) electrons. The number of hydrogen-bond acceptors (Lipinski definition) is 3. The first-order chi connectivity index (χ1) is 7.00. The number of benzene rings is 1. The second kappa shape index (κ2) is 4.79. The minimum atomic E-state index is -2.65. The van der Waals surface area contributed by atoms with Crippen LogP contribution in [0.15, 0.2) is 24.3 Å². The Morgan fingerprint density at radius 2 is 1.87 bits per heavy atom. The van der Waals surface area contributed by atoms with Crippen LogP contribution in [-0.4, -0.2) is 26.5 Å². The Labute approximate surface area is 89.0 Å². The lowest BCUT2D eigenvalue weighted by atomic mass is 10.1. The molecule has 0 aliphatic carbocycles. The summed E-state index contributed by atoms with van der Waals surface area (Å²) in [4.78, 5) is 10.4. The Balaban J connectivity index is 2.85. The molecule has 1 aromatic carbocycles. The smallest absolute Gasteiger partial charge is 0.307 e. The summed E-state index contributed by atoms with van der Waals surface area (Å²) in [6.45, 7) is 0. The standard InChI is InChI=1S/C9H11NO4S/c1-10(15(13)14)8-4-2-7(3-5-8)6-9(11)12/h2-5,15H,6H2,1H3,(H,11,12). The molecule has 0 amide bonds. The molecule has 0 aromatic heterocycles. The van der Waals surface area contributed by atoms with Crippen LogP contribution in [0.1, 0.15) is 5.56 Å². The van der Waals surface area contributed by atoms with E-state index >= 15 is 0 Å². The van der Waals surface area contributed by atoms with Crippen molar-refractivity contribution in [1.29, 1.82) is 0 Å². The number of carboxylic acid groups (broad SMARTS) is 1. The van der Waals surface area contributed by atoms with Gasteiger partial charge in [0.05, 0.1) is 12.1 Å². The van der Waals surface area contributed by atoms with Gasteiger partial charge in [-0.15, -0.1) is 0 Å². The molecule has 0 saturated carbocycles. The molecule has 6 heteroatoms. The maximum Gasteiger partial charge on any atom is 0.307 e. The number of rotatable bonds is 4. The van der Waals surface area contributed by atoms with Gasteiger partial charge >= 0.3 is 5.97 Å². The van der Waals surface area contributed by atoms with Crippen molar-refractivity contribution in [3.05, 3.63) is 29.8 Å². The van der Waals surface area contributed by atoms with Gasteiger partial charge in [0, 0.05) is 7.05 Å². The Hall–Kier alpha value is -1.56. The third-order valence-electron chi connectivity index (χ3n) is 1.91. The molecule has 0 saturated heterocycles. The summed E-state index contributed by atoms with van der Waals surface area (Å²) in [6, 6.07) is 6.34. The normalized spacial score (nSPS) is 10.3. The molecule has 82 valence electrons. The molecule has 0 aliphatic heterocycles. The van der Waals surface area contributed by atoms with E-state index in [1.165, 1.54) is 7.05 Å². The average Bonchev–Trinajstić information content (AvgIpc) is 2.17. The molecule has 0 bridgehead atoms. The maximum absolute atomic E-state index is 10.6. The van der Waals surface area contributed by atoms with E-state index in [2.05, 4.69) is 0 Å². The summed E-state index contributed by atoms with van der Waals surface area (Å²) >= 11 is 0. The second-order valence-electron chi connectivity index (χ2n) is 3.00. The van der Waals surface area contributed by atoms with E-state index < -0.39 is 16.9 Å². The Morgan fingerprint density at radius 3 is 2.27 bits per heavy atom. The Bertz CT molecular complexity index is 416. The molecule has 0 spiro atoms. The third kappa shape index (κ3) is 3.25. The molecular formula is C9H11NO4S. The number of hydrogen-bond donors (Lipinski definition) is 2. The van der Waals surface area contributed by atoms with Crippen molar-refractivity contribution in [3.8, 4) is 0 Å². The van der Waals surface area contributed by atoms with E-state index in [9.17, 15) is 13.2 Å². The molecule has 0 atom stereocenters. The van der Waals surface area contributed by atoms with E-state index in [0.29, 0.717) is 11.3 Å². The van der Waals surface area contributed by atoms with Crippen LogP contribution in [0, 0.1) is 0 Å². The molecule has 5 nitrogen and oxygen atoms in total. The first kappa shape index (κ1) is 11.5. The van der Waals surface area contributed by atoms with Gasteiger partial charge in [-0.3, -0.25) is 9.10 Å². The van der Waals surface area contributed by atoms with Gasteiger partial charge in [-0.25, -0.2) is 8.42 Å². The van der Waals surface area contributed by atoms with Crippen molar-refractivity contribution in [3.63, 3.8) is 0 Å². The summed E-state index contributed by atoms with van der Waals surface area (Å²) in [5.74, 6) is -0.911. The van der Waals surface area contributed by atoms with Crippen LogP contribution in [0.3, 0.4) is 0 Å². The fraction of sp³-hybridized carbons (Fsp3) is 0.222. The van der Waals surface area contributed by atoms with E-state index in [1.807, 2.05) is 0 Å². The van der Waals surface area contributed by atoms with Crippen LogP contribution in [0.25, 0.3) is 0 Å². The highest BCUT2D eigenvalue weighted by Crippen LogP contribution is 2.13. The molecule has 1 aromatic rings. The number of nitrogens with zero attached hydrogens (tertiary/aromatic N) is 1. The summed E-state index contributed by atoms with van der Waals surface area (Å²) in [7, 11) is -1.22. The van der Waals surface area contributed by atoms with Crippen LogP contribution >= 0.6 is 0 Å². The van der Waals surface area contributed by atoms with Gasteiger partial charge in [0.2, 0.25) is 10.9 Å². The van der Waals surface area contributed by atoms with Crippen LogP contribution in [0.4, 0.5) is 5.69 Å². The number of carbonyl (C=O) groups is 1. The lowest BCUT2D eigenvalue weighted by molar-refractivity contribution is -0.136. The van der Waals surface area contributed by atoms with Gasteiger partial charge in [-0.05, 0) is 17.7 Å². The molecule has 15 heavy (non-hydrogen) atoms. The lowest BCUT2D eigenvalue weighted by Gasteiger charge is -2.10. The van der Waals surface area contributed by atoms with Crippen molar-refractivity contribution in [2.75, 3.05) is 11.4 Å². The summed E-state index contributed by atoms with van der Waals surface area (Å²) in [5, 5.41) is 8.53. The Morgan fingerprint density at radius 1 is 1.33 bits per heavy atom. The zero-order valence-electron chi connectivity index (χ0n) is 8.08. The zero-order chi connectivity index (χ0) is 11.4. The minimum absolute atomic E-state index is 0.0620. The molecule has 0 fully saturated rings. The SMILES string of the molecule is CN(c1ccc(CC(=O)O)cc1)[SH](=O)=O. The highest BCUT2D eigenvalue weighted by molar-refractivity contribution is 7.74. The number of aliphatic carboxylic acids is 1. The van der Waals surface area contributed by atoms with Crippen LogP contribution in [0.2, 0.25) is 0 Å². The van der Waals surface area contributed by atoms with Crippen molar-refractivity contribution in [2.45, 2.75) is 6.42 Å². The quantitative estimate of drug-likeness (QED) is 0.727. The van der Waals surface area contributed by atoms with E-state index in [4.69, 9.17) is 5.11 Å². The van der Waals surface area contributed by atoms with Gasteiger partial charge in [0.25, 0.3) is 0 Å². The first-order valence-electron chi connectivity index (χ1n) is 4.19. The molecule has 1 rings (SSSR count). The van der Waals surface area contributed by atoms with Gasteiger partial charge in [-0.2, -0.15) is 0 Å². The average molecular weight is 229 g/mol. The fourth-order valence-corrected chi connectivity index (χ4v) is 1.42. The van der Waals surface area contributed by atoms with Crippen molar-refractivity contribution >= 4 is 22.5 Å². The van der Waals surface area contributed by atoms with Crippen molar-refractivity contribution in [2.24, 2.45) is 0 Å². The predicted octanol–water partition coefficient (Wildman–Crippen LogP) is 0.276. The van der Waals surface area contributed by atoms with Crippen LogP contribution in [-0.2, 0) is 22.1 Å². The van der Waals surface area contributed by atoms with Crippen LogP contribution < -0.4 is 4.31 Å². The highest BCUT2D eigenvalue weighted by atomic mass is 32.2. The molecule has 1 N–H and O–H groups in total. The van der Waals surface area contributed by atoms with Crippen molar-refractivity contribution in [1.82, 2.24) is 0 Å². The molecule has 0 heterocycles. The van der Waals surface area contributed by atoms with Crippen LogP contribution in [0.5, 0.6) is 0 Å². The highest BCUT2D eigenvalue weighted by Gasteiger charge is 2.03. The van der Waals surface area contributed by atoms with E-state index in [1.54, 1.807) is 24.3 Å². The number of anilines is 1. The Kier molecular flexibility index (Phi) is 3.68. The largest absolute Gasteiger partial charge is 0.481 e. The van der Waals surface area contributed by atoms with Crippen molar-refractivity contribution < 1.29 is 18.3 Å². The molecular weight excluding hydrogens is 218 g/mol. The number of thiol groups is 1. The summed E-state index contributed by atoms with van der Waals surface area (Å²) in [5.41, 5.74) is 1.15. The van der Waals surface area contributed by atoms with E-state index in [0.717, 1.165) is 4.31 Å². The monoisotopic (exact) mass is 229 g/mol.